The molecule has 11 heavy (non-hydrogen) atoms. The highest BCUT2D eigenvalue weighted by molar-refractivity contribution is 14.1. The molecule has 2 amide bonds. The highest BCUT2D eigenvalue weighted by Gasteiger charge is 2.32. The lowest BCUT2D eigenvalue weighted by Gasteiger charge is -2.08. The molecule has 0 saturated carbocycles. The van der Waals surface area contributed by atoms with Crippen LogP contribution in [0.1, 0.15) is 12.8 Å². The van der Waals surface area contributed by atoms with E-state index in [1.165, 1.54) is 22.6 Å². The molecule has 1 fully saturated rings. The predicted octanol–water partition coefficient (Wildman–Crippen LogP) is 0.622. The Labute approximate surface area is 75.8 Å². The Morgan fingerprint density at radius 1 is 1.36 bits per heavy atom. The zero-order chi connectivity index (χ0) is 8.43. The fourth-order valence-corrected chi connectivity index (χ4v) is 0.927. The van der Waals surface area contributed by atoms with Crippen molar-refractivity contribution in [3.63, 3.8) is 0 Å². The third kappa shape index (κ3) is 1.88. The molecule has 6 heteroatoms. The number of hydrogen-bond acceptors (Lipinski definition) is 4. The first-order chi connectivity index (χ1) is 5.11. The van der Waals surface area contributed by atoms with Crippen LogP contribution in [0.4, 0.5) is 4.79 Å². The Morgan fingerprint density at radius 3 is 2.18 bits per heavy atom. The van der Waals surface area contributed by atoms with Crippen LogP contribution in [-0.4, -0.2) is 20.9 Å². The van der Waals surface area contributed by atoms with Crippen molar-refractivity contribution in [1.82, 2.24) is 5.06 Å². The van der Waals surface area contributed by atoms with Crippen molar-refractivity contribution in [1.29, 1.82) is 0 Å². The van der Waals surface area contributed by atoms with Gasteiger partial charge in [0.05, 0.1) is 22.6 Å². The summed E-state index contributed by atoms with van der Waals surface area (Å²) in [6.45, 7) is 0. The summed E-state index contributed by atoms with van der Waals surface area (Å²) >= 11 is 1.34. The fourth-order valence-electron chi connectivity index (χ4n) is 0.730. The minimum atomic E-state index is -0.689. The molecular weight excluding hydrogens is 265 g/mol. The molecule has 1 saturated heterocycles. The van der Waals surface area contributed by atoms with Crippen molar-refractivity contribution in [2.75, 3.05) is 0 Å². The van der Waals surface area contributed by atoms with E-state index in [9.17, 15) is 14.4 Å². The van der Waals surface area contributed by atoms with Crippen molar-refractivity contribution in [2.45, 2.75) is 12.8 Å². The summed E-state index contributed by atoms with van der Waals surface area (Å²) in [5.74, 6) is -0.917. The predicted molar refractivity (Wildman–Crippen MR) is 41.6 cm³/mol. The first-order valence-corrected chi connectivity index (χ1v) is 3.92. The largest absolute Gasteiger partial charge is 0.391 e. The van der Waals surface area contributed by atoms with Crippen LogP contribution in [0.5, 0.6) is 0 Å². The third-order valence-electron chi connectivity index (χ3n) is 1.17. The Kier molecular flexibility index (Phi) is 2.42. The highest BCUT2D eigenvalue weighted by atomic mass is 127. The molecule has 5 nitrogen and oxygen atoms in total. The molecule has 60 valence electrons. The molecule has 0 bridgehead atoms. The van der Waals surface area contributed by atoms with E-state index < -0.39 is 15.8 Å². The van der Waals surface area contributed by atoms with Crippen molar-refractivity contribution in [3.8, 4) is 0 Å². The van der Waals surface area contributed by atoms with Gasteiger partial charge in [-0.2, -0.15) is 0 Å². The van der Waals surface area contributed by atoms with Gasteiger partial charge in [-0.3, -0.25) is 9.59 Å². The Bertz CT molecular complexity index is 211. The molecular formula is C5H4INO4. The summed E-state index contributed by atoms with van der Waals surface area (Å²) in [6, 6.07) is 0. The van der Waals surface area contributed by atoms with Gasteiger partial charge in [-0.1, -0.05) is 0 Å². The van der Waals surface area contributed by atoms with E-state index in [2.05, 4.69) is 4.84 Å². The average Bonchev–Trinajstić information content (AvgIpc) is 2.18. The molecule has 1 aliphatic heterocycles. The summed E-state index contributed by atoms with van der Waals surface area (Å²) < 4.78 is -0.689. The Hall–Kier alpha value is -0.660. The molecule has 0 spiro atoms. The summed E-state index contributed by atoms with van der Waals surface area (Å²) in [5.41, 5.74) is 0. The Balaban J connectivity index is 2.62. The van der Waals surface area contributed by atoms with E-state index in [0.717, 1.165) is 0 Å². The maximum atomic E-state index is 10.7. The first kappa shape index (κ1) is 8.44. The van der Waals surface area contributed by atoms with Gasteiger partial charge in [-0.25, -0.2) is 4.79 Å². The minimum absolute atomic E-state index is 0.128. The van der Waals surface area contributed by atoms with Crippen LogP contribution in [0.15, 0.2) is 0 Å². The molecule has 1 aliphatic rings. The SMILES string of the molecule is O=C(I)ON1C(=O)CCC1=O. The molecule has 0 aromatic carbocycles. The van der Waals surface area contributed by atoms with E-state index in [1.807, 2.05) is 0 Å². The number of hydrogen-bond donors (Lipinski definition) is 0. The second kappa shape index (κ2) is 3.16. The fraction of sp³-hybridized carbons (Fsp3) is 0.400. The molecule has 1 heterocycles. The van der Waals surface area contributed by atoms with Crippen LogP contribution in [0.3, 0.4) is 0 Å². The summed E-state index contributed by atoms with van der Waals surface area (Å²) in [5, 5.41) is 0.509. The molecule has 1 rings (SSSR count). The minimum Gasteiger partial charge on any atom is -0.320 e. The zero-order valence-corrected chi connectivity index (χ0v) is 7.53. The van der Waals surface area contributed by atoms with Gasteiger partial charge in [0.1, 0.15) is 0 Å². The van der Waals surface area contributed by atoms with Crippen LogP contribution in [0.25, 0.3) is 0 Å². The standard InChI is InChI=1S/C5H4INO4/c6-5(10)11-7-3(8)1-2-4(7)9/h1-2H2. The van der Waals surface area contributed by atoms with Gasteiger partial charge in [0.25, 0.3) is 11.8 Å². The van der Waals surface area contributed by atoms with E-state index >= 15 is 0 Å². The first-order valence-electron chi connectivity index (χ1n) is 2.84. The monoisotopic (exact) mass is 269 g/mol. The zero-order valence-electron chi connectivity index (χ0n) is 5.37. The lowest BCUT2D eigenvalue weighted by Crippen LogP contribution is -2.29. The quantitative estimate of drug-likeness (QED) is 0.397. The maximum Gasteiger partial charge on any atom is 0.391 e. The molecule has 0 N–H and O–H groups in total. The maximum absolute atomic E-state index is 10.7. The van der Waals surface area contributed by atoms with Crippen LogP contribution >= 0.6 is 22.6 Å². The topological polar surface area (TPSA) is 63.7 Å². The van der Waals surface area contributed by atoms with E-state index in [4.69, 9.17) is 0 Å². The number of nitrogens with zero attached hydrogens (tertiary/aromatic N) is 1. The highest BCUT2D eigenvalue weighted by Crippen LogP contribution is 2.13. The smallest absolute Gasteiger partial charge is 0.320 e. The van der Waals surface area contributed by atoms with Gasteiger partial charge in [-0.15, -0.1) is 5.06 Å². The van der Waals surface area contributed by atoms with Gasteiger partial charge in [-0.05, 0) is 0 Å². The van der Waals surface area contributed by atoms with Gasteiger partial charge in [0.15, 0.2) is 0 Å². The molecule has 0 atom stereocenters. The molecule has 0 aliphatic carbocycles. The van der Waals surface area contributed by atoms with Crippen molar-refractivity contribution >= 4 is 38.4 Å². The van der Waals surface area contributed by atoms with E-state index in [0.29, 0.717) is 5.06 Å². The summed E-state index contributed by atoms with van der Waals surface area (Å²) in [6.07, 6.45) is 0.255. The number of imide groups is 1. The van der Waals surface area contributed by atoms with Gasteiger partial charge in [0.2, 0.25) is 0 Å². The lowest BCUT2D eigenvalue weighted by atomic mass is 10.4. The van der Waals surface area contributed by atoms with E-state index in [-0.39, 0.29) is 12.8 Å². The van der Waals surface area contributed by atoms with Gasteiger partial charge in [0, 0.05) is 12.8 Å². The second-order valence-corrected chi connectivity index (χ2v) is 2.79. The average molecular weight is 269 g/mol. The number of carbonyl (C=O) groups is 3. The van der Waals surface area contributed by atoms with Crippen LogP contribution in [0.2, 0.25) is 0 Å². The van der Waals surface area contributed by atoms with Gasteiger partial charge < -0.3 is 4.84 Å². The summed E-state index contributed by atoms with van der Waals surface area (Å²) in [4.78, 5) is 36.1. The van der Waals surface area contributed by atoms with E-state index in [1.54, 1.807) is 0 Å². The molecule has 0 aromatic rings. The molecule has 0 aromatic heterocycles. The number of carbonyl (C=O) groups excluding carboxylic acids is 3. The molecule has 0 unspecified atom stereocenters. The van der Waals surface area contributed by atoms with Crippen molar-refractivity contribution in [2.24, 2.45) is 0 Å². The van der Waals surface area contributed by atoms with Crippen LogP contribution < -0.4 is 0 Å². The van der Waals surface area contributed by atoms with Gasteiger partial charge >= 0.3 is 3.98 Å². The number of halogens is 1. The van der Waals surface area contributed by atoms with Crippen LogP contribution in [-0.2, 0) is 14.4 Å². The lowest BCUT2D eigenvalue weighted by molar-refractivity contribution is -0.169. The normalized spacial score (nSPS) is 17.4. The number of amides is 2. The molecule has 0 radical (unpaired) electrons. The second-order valence-electron chi connectivity index (χ2n) is 1.91. The summed E-state index contributed by atoms with van der Waals surface area (Å²) in [7, 11) is 0. The number of hydroxylamine groups is 2. The van der Waals surface area contributed by atoms with Crippen molar-refractivity contribution in [3.05, 3.63) is 0 Å². The Morgan fingerprint density at radius 2 is 1.82 bits per heavy atom. The number of rotatable bonds is 1. The van der Waals surface area contributed by atoms with Crippen molar-refractivity contribution < 1.29 is 19.2 Å². The third-order valence-corrected chi connectivity index (χ3v) is 1.37. The van der Waals surface area contributed by atoms with Crippen LogP contribution in [0, 0.1) is 0 Å².